The summed E-state index contributed by atoms with van der Waals surface area (Å²) in [4.78, 5) is 4.85. The predicted octanol–water partition coefficient (Wildman–Crippen LogP) is 5.01. The van der Waals surface area contributed by atoms with Crippen molar-refractivity contribution in [3.8, 4) is 22.8 Å². The van der Waals surface area contributed by atoms with Crippen LogP contribution in [0.5, 0.6) is 5.75 Å². The van der Waals surface area contributed by atoms with Gasteiger partial charge in [-0.3, -0.25) is 4.57 Å². The van der Waals surface area contributed by atoms with Gasteiger partial charge in [-0.05, 0) is 61.4 Å². The molecule has 0 bridgehead atoms. The van der Waals surface area contributed by atoms with Gasteiger partial charge < -0.3 is 5.11 Å². The molecule has 0 aliphatic carbocycles. The second-order valence-electron chi connectivity index (χ2n) is 6.05. The van der Waals surface area contributed by atoms with Crippen LogP contribution in [0.25, 0.3) is 28.1 Å². The number of hydrogen-bond acceptors (Lipinski definition) is 2. The van der Waals surface area contributed by atoms with E-state index in [1.54, 1.807) is 12.1 Å². The van der Waals surface area contributed by atoms with E-state index in [1.807, 2.05) is 30.3 Å². The lowest BCUT2D eigenvalue weighted by Crippen LogP contribution is -2.02. The molecule has 0 spiro atoms. The smallest absolute Gasteiger partial charge is 0.145 e. The van der Waals surface area contributed by atoms with Crippen LogP contribution in [0.2, 0.25) is 0 Å². The first-order valence-electron chi connectivity index (χ1n) is 7.98. The zero-order valence-electron chi connectivity index (χ0n) is 13.7. The lowest BCUT2D eigenvalue weighted by atomic mass is 10.1. The molecule has 4 aromatic rings. The average Bonchev–Trinajstić information content (AvgIpc) is 2.95. The summed E-state index contributed by atoms with van der Waals surface area (Å²) in [6, 6.07) is 21.7. The molecule has 0 amide bonds. The van der Waals surface area contributed by atoms with Crippen molar-refractivity contribution < 1.29 is 5.11 Å². The quantitative estimate of drug-likeness (QED) is 0.564. The molecule has 24 heavy (non-hydrogen) atoms. The average molecular weight is 314 g/mol. The van der Waals surface area contributed by atoms with Crippen molar-refractivity contribution in [2.45, 2.75) is 13.8 Å². The summed E-state index contributed by atoms with van der Waals surface area (Å²) in [6.07, 6.45) is 0. The van der Waals surface area contributed by atoms with Crippen LogP contribution >= 0.6 is 0 Å². The molecule has 1 aromatic heterocycles. The predicted molar refractivity (Wildman–Crippen MR) is 97.6 cm³/mol. The number of aryl methyl sites for hydroxylation is 2. The Morgan fingerprint density at radius 3 is 2.17 bits per heavy atom. The highest BCUT2D eigenvalue weighted by Gasteiger charge is 2.16. The summed E-state index contributed by atoms with van der Waals surface area (Å²) in [6.45, 7) is 4.25. The highest BCUT2D eigenvalue weighted by molar-refractivity contribution is 5.84. The minimum Gasteiger partial charge on any atom is -0.508 e. The molecule has 0 fully saturated rings. The summed E-state index contributed by atoms with van der Waals surface area (Å²) in [5.74, 6) is 1.14. The van der Waals surface area contributed by atoms with Gasteiger partial charge in [0.25, 0.3) is 0 Å². The summed E-state index contributed by atoms with van der Waals surface area (Å²) in [5.41, 5.74) is 6.60. The maximum Gasteiger partial charge on any atom is 0.145 e. The highest BCUT2D eigenvalue weighted by Crippen LogP contribution is 2.32. The SMILES string of the molecule is Cc1cccc(C)c1-n1c(-c2ccc(O)cc2)nc2ccccc21. The standard InChI is InChI=1S/C21H18N2O/c1-14-6-5-7-15(2)20(14)23-19-9-4-3-8-18(19)22-21(23)16-10-12-17(24)13-11-16/h3-13,24H,1-2H3. The molecule has 1 heterocycles. The Morgan fingerprint density at radius 2 is 1.46 bits per heavy atom. The van der Waals surface area contributed by atoms with Crippen molar-refractivity contribution in [3.05, 3.63) is 77.9 Å². The molecule has 3 nitrogen and oxygen atoms in total. The summed E-state index contributed by atoms with van der Waals surface area (Å²) < 4.78 is 2.21. The maximum atomic E-state index is 9.59. The normalized spacial score (nSPS) is 11.1. The van der Waals surface area contributed by atoms with E-state index in [4.69, 9.17) is 4.98 Å². The van der Waals surface area contributed by atoms with Crippen LogP contribution in [0.3, 0.4) is 0 Å². The fourth-order valence-electron chi connectivity index (χ4n) is 3.21. The number of aromatic nitrogens is 2. The second kappa shape index (κ2) is 5.53. The lowest BCUT2D eigenvalue weighted by molar-refractivity contribution is 0.475. The van der Waals surface area contributed by atoms with Gasteiger partial charge >= 0.3 is 0 Å². The van der Waals surface area contributed by atoms with Crippen molar-refractivity contribution >= 4 is 11.0 Å². The van der Waals surface area contributed by atoms with Crippen LogP contribution in [0.4, 0.5) is 0 Å². The third-order valence-corrected chi connectivity index (χ3v) is 4.35. The molecule has 0 saturated carbocycles. The fourth-order valence-corrected chi connectivity index (χ4v) is 3.21. The van der Waals surface area contributed by atoms with Crippen LogP contribution < -0.4 is 0 Å². The third kappa shape index (κ3) is 2.26. The van der Waals surface area contributed by atoms with Crippen LogP contribution in [0, 0.1) is 13.8 Å². The van der Waals surface area contributed by atoms with Gasteiger partial charge in [0, 0.05) is 5.56 Å². The number of imidazole rings is 1. The molecule has 3 aromatic carbocycles. The Balaban J connectivity index is 2.10. The Bertz CT molecular complexity index is 1010. The number of nitrogens with zero attached hydrogens (tertiary/aromatic N) is 2. The van der Waals surface area contributed by atoms with Crippen molar-refractivity contribution in [1.29, 1.82) is 0 Å². The minimum absolute atomic E-state index is 0.258. The molecule has 0 saturated heterocycles. The first-order valence-corrected chi connectivity index (χ1v) is 7.98. The molecule has 3 heteroatoms. The summed E-state index contributed by atoms with van der Waals surface area (Å²) >= 11 is 0. The minimum atomic E-state index is 0.258. The maximum absolute atomic E-state index is 9.59. The largest absolute Gasteiger partial charge is 0.508 e. The molecule has 4 rings (SSSR count). The van der Waals surface area contributed by atoms with E-state index in [1.165, 1.54) is 11.1 Å². The van der Waals surface area contributed by atoms with Gasteiger partial charge in [0.2, 0.25) is 0 Å². The van der Waals surface area contributed by atoms with E-state index in [0.717, 1.165) is 28.1 Å². The van der Waals surface area contributed by atoms with Gasteiger partial charge in [0.15, 0.2) is 0 Å². The van der Waals surface area contributed by atoms with Crippen LogP contribution in [-0.2, 0) is 0 Å². The van der Waals surface area contributed by atoms with Crippen LogP contribution in [0.15, 0.2) is 66.7 Å². The van der Waals surface area contributed by atoms with E-state index < -0.39 is 0 Å². The monoisotopic (exact) mass is 314 g/mol. The van der Waals surface area contributed by atoms with Gasteiger partial charge in [-0.2, -0.15) is 0 Å². The van der Waals surface area contributed by atoms with E-state index in [0.29, 0.717) is 0 Å². The van der Waals surface area contributed by atoms with E-state index >= 15 is 0 Å². The molecule has 1 N–H and O–H groups in total. The fraction of sp³-hybridized carbons (Fsp3) is 0.0952. The summed E-state index contributed by atoms with van der Waals surface area (Å²) in [5, 5.41) is 9.59. The van der Waals surface area contributed by atoms with Crippen molar-refractivity contribution in [3.63, 3.8) is 0 Å². The number of para-hydroxylation sites is 3. The molecule has 0 aliphatic heterocycles. The molecule has 0 atom stereocenters. The number of rotatable bonds is 2. The zero-order chi connectivity index (χ0) is 16.7. The van der Waals surface area contributed by atoms with Gasteiger partial charge in [-0.25, -0.2) is 4.98 Å². The Hall–Kier alpha value is -3.07. The molecule has 0 aliphatic rings. The second-order valence-corrected chi connectivity index (χ2v) is 6.05. The van der Waals surface area contributed by atoms with Crippen molar-refractivity contribution in [1.82, 2.24) is 9.55 Å². The first-order chi connectivity index (χ1) is 11.6. The van der Waals surface area contributed by atoms with Crippen LogP contribution in [0.1, 0.15) is 11.1 Å². The van der Waals surface area contributed by atoms with Crippen molar-refractivity contribution in [2.75, 3.05) is 0 Å². The molecular weight excluding hydrogens is 296 g/mol. The van der Waals surface area contributed by atoms with Gasteiger partial charge in [0.1, 0.15) is 11.6 Å². The first kappa shape index (κ1) is 14.5. The van der Waals surface area contributed by atoms with Gasteiger partial charge in [-0.1, -0.05) is 30.3 Å². The topological polar surface area (TPSA) is 38.0 Å². The molecular formula is C21H18N2O. The van der Waals surface area contributed by atoms with E-state index in [9.17, 15) is 5.11 Å². The number of phenols is 1. The Morgan fingerprint density at radius 1 is 0.792 bits per heavy atom. The van der Waals surface area contributed by atoms with Crippen molar-refractivity contribution in [2.24, 2.45) is 0 Å². The molecule has 118 valence electrons. The zero-order valence-corrected chi connectivity index (χ0v) is 13.7. The molecule has 0 unspecified atom stereocenters. The number of aromatic hydroxyl groups is 1. The highest BCUT2D eigenvalue weighted by atomic mass is 16.3. The third-order valence-electron chi connectivity index (χ3n) is 4.35. The lowest BCUT2D eigenvalue weighted by Gasteiger charge is -2.15. The van der Waals surface area contributed by atoms with E-state index in [-0.39, 0.29) is 5.75 Å². The molecule has 0 radical (unpaired) electrons. The van der Waals surface area contributed by atoms with Gasteiger partial charge in [0.05, 0.1) is 16.7 Å². The van der Waals surface area contributed by atoms with E-state index in [2.05, 4.69) is 42.7 Å². The number of benzene rings is 3. The number of fused-ring (bicyclic) bond motifs is 1. The number of phenolic OH excluding ortho intramolecular Hbond substituents is 1. The van der Waals surface area contributed by atoms with Crippen LogP contribution in [-0.4, -0.2) is 14.7 Å². The van der Waals surface area contributed by atoms with Gasteiger partial charge in [-0.15, -0.1) is 0 Å². The number of hydrogen-bond donors (Lipinski definition) is 1. The Kier molecular flexibility index (Phi) is 3.35. The Labute approximate surface area is 140 Å². The summed E-state index contributed by atoms with van der Waals surface area (Å²) in [7, 11) is 0.